The number of β-amino-alcohol motifs (C(OH)–C–C–N with tert-alkyl or cyclic N) is 1. The Balaban J connectivity index is 1.42. The molecule has 1 fully saturated rings. The monoisotopic (exact) mass is 342 g/mol. The molecule has 1 aliphatic rings. The Morgan fingerprint density at radius 2 is 1.68 bits per heavy atom. The van der Waals surface area contributed by atoms with Crippen molar-refractivity contribution in [3.05, 3.63) is 47.8 Å². The van der Waals surface area contributed by atoms with Gasteiger partial charge >= 0.3 is 0 Å². The van der Waals surface area contributed by atoms with Crippen LogP contribution in [0.3, 0.4) is 0 Å². The first-order valence-corrected chi connectivity index (χ1v) is 8.73. The number of benzene rings is 1. The third kappa shape index (κ3) is 5.14. The van der Waals surface area contributed by atoms with Crippen LogP contribution in [-0.2, 0) is 0 Å². The zero-order valence-corrected chi connectivity index (χ0v) is 14.9. The van der Waals surface area contributed by atoms with Crippen LogP contribution in [0.15, 0.2) is 36.7 Å². The van der Waals surface area contributed by atoms with Crippen LogP contribution in [0.2, 0.25) is 0 Å². The van der Waals surface area contributed by atoms with Crippen LogP contribution in [0.4, 0.5) is 5.95 Å². The lowest BCUT2D eigenvalue weighted by molar-refractivity contribution is 0.0662. The van der Waals surface area contributed by atoms with E-state index in [2.05, 4.69) is 25.8 Å². The van der Waals surface area contributed by atoms with Gasteiger partial charge in [-0.3, -0.25) is 4.90 Å². The third-order valence-electron chi connectivity index (χ3n) is 4.31. The zero-order chi connectivity index (χ0) is 17.6. The maximum Gasteiger partial charge on any atom is 0.225 e. The molecule has 0 aliphatic carbocycles. The van der Waals surface area contributed by atoms with E-state index >= 15 is 0 Å². The van der Waals surface area contributed by atoms with Gasteiger partial charge < -0.3 is 14.7 Å². The van der Waals surface area contributed by atoms with Crippen molar-refractivity contribution in [3.63, 3.8) is 0 Å². The molecule has 1 saturated heterocycles. The Morgan fingerprint density at radius 1 is 1.04 bits per heavy atom. The van der Waals surface area contributed by atoms with Gasteiger partial charge in [0.1, 0.15) is 18.5 Å². The SMILES string of the molecule is Cc1cc(C)cc(OCC(O)CN2CCN(c3ncccn3)CC2)c1. The molecule has 1 aromatic carbocycles. The van der Waals surface area contributed by atoms with Crippen molar-refractivity contribution in [1.29, 1.82) is 0 Å². The fourth-order valence-electron chi connectivity index (χ4n) is 3.14. The number of aliphatic hydroxyl groups is 1. The third-order valence-corrected chi connectivity index (χ3v) is 4.31. The Labute approximate surface area is 149 Å². The predicted molar refractivity (Wildman–Crippen MR) is 98.1 cm³/mol. The lowest BCUT2D eigenvalue weighted by Gasteiger charge is -2.35. The quantitative estimate of drug-likeness (QED) is 0.861. The van der Waals surface area contributed by atoms with Crippen LogP contribution in [0, 0.1) is 13.8 Å². The lowest BCUT2D eigenvalue weighted by Crippen LogP contribution is -2.49. The van der Waals surface area contributed by atoms with Crippen molar-refractivity contribution >= 4 is 5.95 Å². The van der Waals surface area contributed by atoms with Crippen LogP contribution in [0.25, 0.3) is 0 Å². The van der Waals surface area contributed by atoms with Crippen LogP contribution in [0.5, 0.6) is 5.75 Å². The van der Waals surface area contributed by atoms with Crippen molar-refractivity contribution in [2.24, 2.45) is 0 Å². The van der Waals surface area contributed by atoms with Gasteiger partial charge in [-0.25, -0.2) is 9.97 Å². The minimum atomic E-state index is -0.500. The second-order valence-electron chi connectivity index (χ2n) is 6.62. The molecule has 1 aliphatic heterocycles. The average molecular weight is 342 g/mol. The van der Waals surface area contributed by atoms with Crippen molar-refractivity contribution in [2.45, 2.75) is 20.0 Å². The molecule has 1 unspecified atom stereocenters. The maximum absolute atomic E-state index is 10.3. The van der Waals surface area contributed by atoms with Crippen LogP contribution in [-0.4, -0.2) is 65.4 Å². The normalized spacial score (nSPS) is 16.7. The average Bonchev–Trinajstić information content (AvgIpc) is 2.61. The number of hydrogen-bond acceptors (Lipinski definition) is 6. The maximum atomic E-state index is 10.3. The molecule has 2 aromatic rings. The molecule has 0 spiro atoms. The predicted octanol–water partition coefficient (Wildman–Crippen LogP) is 1.66. The number of ether oxygens (including phenoxy) is 1. The number of aliphatic hydroxyl groups excluding tert-OH is 1. The Bertz CT molecular complexity index is 652. The number of piperazine rings is 1. The van der Waals surface area contributed by atoms with Crippen molar-refractivity contribution < 1.29 is 9.84 Å². The van der Waals surface area contributed by atoms with E-state index < -0.39 is 6.10 Å². The molecular formula is C19H26N4O2. The standard InChI is InChI=1S/C19H26N4O2/c1-15-10-16(2)12-18(11-15)25-14-17(24)13-22-6-8-23(9-7-22)19-20-4-3-5-21-19/h3-5,10-12,17,24H,6-9,13-14H2,1-2H3. The Morgan fingerprint density at radius 3 is 2.32 bits per heavy atom. The fourth-order valence-corrected chi connectivity index (χ4v) is 3.14. The summed E-state index contributed by atoms with van der Waals surface area (Å²) in [6, 6.07) is 7.93. The molecule has 1 N–H and O–H groups in total. The minimum Gasteiger partial charge on any atom is -0.491 e. The highest BCUT2D eigenvalue weighted by Gasteiger charge is 2.20. The summed E-state index contributed by atoms with van der Waals surface area (Å²) >= 11 is 0. The number of anilines is 1. The molecule has 0 radical (unpaired) electrons. The van der Waals surface area contributed by atoms with E-state index in [-0.39, 0.29) is 0 Å². The molecule has 25 heavy (non-hydrogen) atoms. The summed E-state index contributed by atoms with van der Waals surface area (Å²) < 4.78 is 5.75. The van der Waals surface area contributed by atoms with Gasteiger partial charge in [-0.05, 0) is 43.2 Å². The van der Waals surface area contributed by atoms with Crippen molar-refractivity contribution in [3.8, 4) is 5.75 Å². The summed E-state index contributed by atoms with van der Waals surface area (Å²) in [5.74, 6) is 1.60. The molecule has 1 aromatic heterocycles. The highest BCUT2D eigenvalue weighted by Crippen LogP contribution is 2.16. The Hall–Kier alpha value is -2.18. The molecule has 6 nitrogen and oxygen atoms in total. The van der Waals surface area contributed by atoms with Gasteiger partial charge in [0, 0.05) is 45.1 Å². The molecule has 3 rings (SSSR count). The Kier molecular flexibility index (Phi) is 5.83. The van der Waals surface area contributed by atoms with Crippen molar-refractivity contribution in [1.82, 2.24) is 14.9 Å². The number of aromatic nitrogens is 2. The van der Waals surface area contributed by atoms with E-state index in [0.29, 0.717) is 13.2 Å². The topological polar surface area (TPSA) is 61.7 Å². The van der Waals surface area contributed by atoms with Gasteiger partial charge in [-0.15, -0.1) is 0 Å². The first-order chi connectivity index (χ1) is 12.1. The smallest absolute Gasteiger partial charge is 0.225 e. The van der Waals surface area contributed by atoms with Crippen LogP contribution in [0.1, 0.15) is 11.1 Å². The molecule has 0 bridgehead atoms. The summed E-state index contributed by atoms with van der Waals surface area (Å²) in [6.45, 7) is 8.54. The van der Waals surface area contributed by atoms with E-state index in [1.165, 1.54) is 11.1 Å². The van der Waals surface area contributed by atoms with E-state index in [0.717, 1.165) is 37.9 Å². The number of hydrogen-bond donors (Lipinski definition) is 1. The molecule has 134 valence electrons. The summed E-state index contributed by atoms with van der Waals surface area (Å²) in [7, 11) is 0. The molecule has 1 atom stereocenters. The molecule has 2 heterocycles. The van der Waals surface area contributed by atoms with Gasteiger partial charge in [0.2, 0.25) is 5.95 Å². The number of rotatable bonds is 6. The number of nitrogens with zero attached hydrogens (tertiary/aromatic N) is 4. The van der Waals surface area contributed by atoms with Crippen LogP contribution < -0.4 is 9.64 Å². The highest BCUT2D eigenvalue weighted by atomic mass is 16.5. The lowest BCUT2D eigenvalue weighted by atomic mass is 10.1. The van der Waals surface area contributed by atoms with Gasteiger partial charge in [0.25, 0.3) is 0 Å². The summed E-state index contributed by atoms with van der Waals surface area (Å²) in [6.07, 6.45) is 3.03. The van der Waals surface area contributed by atoms with E-state index in [9.17, 15) is 5.11 Å². The van der Waals surface area contributed by atoms with Gasteiger partial charge in [0.15, 0.2) is 0 Å². The minimum absolute atomic E-state index is 0.310. The van der Waals surface area contributed by atoms with E-state index in [4.69, 9.17) is 4.74 Å². The van der Waals surface area contributed by atoms with Gasteiger partial charge in [0.05, 0.1) is 0 Å². The van der Waals surface area contributed by atoms with E-state index in [1.54, 1.807) is 12.4 Å². The molecule has 6 heteroatoms. The first kappa shape index (κ1) is 17.6. The van der Waals surface area contributed by atoms with E-state index in [1.807, 2.05) is 32.0 Å². The number of aryl methyl sites for hydroxylation is 2. The second kappa shape index (κ2) is 8.27. The highest BCUT2D eigenvalue weighted by molar-refractivity contribution is 5.33. The zero-order valence-electron chi connectivity index (χ0n) is 14.9. The van der Waals surface area contributed by atoms with Crippen LogP contribution >= 0.6 is 0 Å². The first-order valence-electron chi connectivity index (χ1n) is 8.73. The van der Waals surface area contributed by atoms with Gasteiger partial charge in [-0.2, -0.15) is 0 Å². The van der Waals surface area contributed by atoms with Gasteiger partial charge in [-0.1, -0.05) is 6.07 Å². The molecule has 0 amide bonds. The van der Waals surface area contributed by atoms with Crippen molar-refractivity contribution in [2.75, 3.05) is 44.2 Å². The summed E-state index contributed by atoms with van der Waals surface area (Å²) in [4.78, 5) is 13.0. The fraction of sp³-hybridized carbons (Fsp3) is 0.474. The second-order valence-corrected chi connectivity index (χ2v) is 6.62. The molecular weight excluding hydrogens is 316 g/mol. The summed E-state index contributed by atoms with van der Waals surface area (Å²) in [5, 5.41) is 10.3. The largest absolute Gasteiger partial charge is 0.491 e. The molecule has 0 saturated carbocycles. The summed E-state index contributed by atoms with van der Waals surface area (Å²) in [5.41, 5.74) is 2.34.